The molecule has 1 saturated carbocycles. The van der Waals surface area contributed by atoms with Crippen LogP contribution in [0.5, 0.6) is 5.75 Å². The molecule has 1 aromatic carbocycles. The van der Waals surface area contributed by atoms with Crippen LogP contribution in [0.3, 0.4) is 0 Å². The molecule has 33 heavy (non-hydrogen) atoms. The zero-order valence-electron chi connectivity index (χ0n) is 19.2. The van der Waals surface area contributed by atoms with Gasteiger partial charge in [0.05, 0.1) is 24.1 Å². The highest BCUT2D eigenvalue weighted by molar-refractivity contribution is 6.11. The number of pyridine rings is 1. The molecule has 3 heterocycles. The molecule has 6 heteroatoms. The summed E-state index contributed by atoms with van der Waals surface area (Å²) >= 11 is 0. The average Bonchev–Trinajstić information content (AvgIpc) is 3.11. The van der Waals surface area contributed by atoms with Crippen molar-refractivity contribution in [3.63, 3.8) is 0 Å². The standard InChI is InChI=1S/C27H30N2O4/c1-3-12-32-20-8-4-7-19(14-20)24-23-25(30)21-13-17(2)9-10-22(21)33-26(23)27(31)29(24)16-18-6-5-11-28-15-18/h4-8,11,14-15,17,21-22,24H,3,9-10,12-13,16H2,1-2H3. The Morgan fingerprint density at radius 2 is 2.06 bits per heavy atom. The van der Waals surface area contributed by atoms with Crippen molar-refractivity contribution in [2.75, 3.05) is 6.61 Å². The van der Waals surface area contributed by atoms with Gasteiger partial charge < -0.3 is 14.4 Å². The molecule has 0 radical (unpaired) electrons. The Morgan fingerprint density at radius 1 is 1.18 bits per heavy atom. The molecule has 4 unspecified atom stereocenters. The van der Waals surface area contributed by atoms with E-state index in [1.807, 2.05) is 36.4 Å². The minimum atomic E-state index is -0.497. The van der Waals surface area contributed by atoms with Crippen LogP contribution in [0.4, 0.5) is 0 Å². The Hall–Kier alpha value is -3.15. The van der Waals surface area contributed by atoms with E-state index in [2.05, 4.69) is 18.8 Å². The topological polar surface area (TPSA) is 68.7 Å². The van der Waals surface area contributed by atoms with Crippen LogP contribution in [-0.4, -0.2) is 34.3 Å². The molecule has 0 N–H and O–H groups in total. The summed E-state index contributed by atoms with van der Waals surface area (Å²) in [6.07, 6.45) is 6.82. The molecule has 5 rings (SSSR count). The maximum atomic E-state index is 13.8. The quantitative estimate of drug-likeness (QED) is 0.648. The van der Waals surface area contributed by atoms with Crippen LogP contribution in [0, 0.1) is 11.8 Å². The van der Waals surface area contributed by atoms with Gasteiger partial charge in [0.25, 0.3) is 5.91 Å². The molecule has 1 amide bonds. The SMILES string of the molecule is CCCOc1cccc(C2C3=C(OC4CCC(C)CC4C3=O)C(=O)N2Cc2cccnc2)c1. The van der Waals surface area contributed by atoms with Gasteiger partial charge in [0.2, 0.25) is 0 Å². The minimum absolute atomic E-state index is 0.0692. The van der Waals surface area contributed by atoms with E-state index in [0.29, 0.717) is 24.6 Å². The molecule has 2 aliphatic heterocycles. The summed E-state index contributed by atoms with van der Waals surface area (Å²) in [5.74, 6) is 1.13. The van der Waals surface area contributed by atoms with Gasteiger partial charge in [-0.15, -0.1) is 0 Å². The summed E-state index contributed by atoms with van der Waals surface area (Å²) in [5.41, 5.74) is 2.28. The van der Waals surface area contributed by atoms with Crippen molar-refractivity contribution in [1.29, 1.82) is 0 Å². The number of amides is 1. The summed E-state index contributed by atoms with van der Waals surface area (Å²) in [5, 5.41) is 0. The first-order chi connectivity index (χ1) is 16.1. The van der Waals surface area contributed by atoms with Crippen LogP contribution in [0.15, 0.2) is 60.1 Å². The molecule has 1 aromatic heterocycles. The van der Waals surface area contributed by atoms with Gasteiger partial charge in [0, 0.05) is 18.9 Å². The molecule has 4 atom stereocenters. The van der Waals surface area contributed by atoms with E-state index in [4.69, 9.17) is 9.47 Å². The molecular weight excluding hydrogens is 416 g/mol. The van der Waals surface area contributed by atoms with Crippen LogP contribution in [0.25, 0.3) is 0 Å². The zero-order chi connectivity index (χ0) is 22.9. The van der Waals surface area contributed by atoms with Gasteiger partial charge in [0.15, 0.2) is 11.5 Å². The third kappa shape index (κ3) is 4.03. The molecule has 2 aromatic rings. The van der Waals surface area contributed by atoms with Gasteiger partial charge in [-0.25, -0.2) is 0 Å². The fraction of sp³-hybridized carbons (Fsp3) is 0.444. The third-order valence-electron chi connectivity index (χ3n) is 6.93. The lowest BCUT2D eigenvalue weighted by atomic mass is 9.74. The smallest absolute Gasteiger partial charge is 0.290 e. The minimum Gasteiger partial charge on any atom is -0.494 e. The summed E-state index contributed by atoms with van der Waals surface area (Å²) in [4.78, 5) is 33.4. The second-order valence-electron chi connectivity index (χ2n) is 9.41. The van der Waals surface area contributed by atoms with Gasteiger partial charge >= 0.3 is 0 Å². The zero-order valence-corrected chi connectivity index (χ0v) is 19.2. The Balaban J connectivity index is 1.56. The van der Waals surface area contributed by atoms with Gasteiger partial charge in [-0.1, -0.05) is 32.0 Å². The number of nitrogens with zero attached hydrogens (tertiary/aromatic N) is 2. The first-order valence-corrected chi connectivity index (χ1v) is 11.9. The first kappa shape index (κ1) is 21.7. The number of ether oxygens (including phenoxy) is 2. The van der Waals surface area contributed by atoms with E-state index >= 15 is 0 Å². The molecule has 1 fully saturated rings. The van der Waals surface area contributed by atoms with Crippen molar-refractivity contribution in [2.24, 2.45) is 11.8 Å². The Kier molecular flexibility index (Phi) is 5.92. The first-order valence-electron chi connectivity index (χ1n) is 11.9. The molecule has 0 spiro atoms. The van der Waals surface area contributed by atoms with E-state index in [9.17, 15) is 9.59 Å². The normalized spacial score (nSPS) is 26.7. The van der Waals surface area contributed by atoms with Crippen molar-refractivity contribution >= 4 is 11.7 Å². The number of fused-ring (bicyclic) bond motifs is 1. The highest BCUT2D eigenvalue weighted by Crippen LogP contribution is 2.48. The maximum absolute atomic E-state index is 13.8. The lowest BCUT2D eigenvalue weighted by molar-refractivity contribution is -0.136. The summed E-state index contributed by atoms with van der Waals surface area (Å²) in [7, 11) is 0. The monoisotopic (exact) mass is 446 g/mol. The summed E-state index contributed by atoms with van der Waals surface area (Å²) in [6, 6.07) is 11.0. The number of carbonyl (C=O) groups is 2. The highest BCUT2D eigenvalue weighted by Gasteiger charge is 2.52. The number of ketones is 1. The number of hydrogen-bond acceptors (Lipinski definition) is 5. The fourth-order valence-electron chi connectivity index (χ4n) is 5.32. The van der Waals surface area contributed by atoms with Crippen molar-refractivity contribution in [3.8, 4) is 5.75 Å². The number of rotatable bonds is 6. The van der Waals surface area contributed by atoms with Crippen LogP contribution >= 0.6 is 0 Å². The van der Waals surface area contributed by atoms with Crippen LogP contribution in [0.1, 0.15) is 56.7 Å². The molecule has 1 aliphatic carbocycles. The molecule has 0 bridgehead atoms. The largest absolute Gasteiger partial charge is 0.494 e. The number of aromatic nitrogens is 1. The predicted octanol–water partition coefficient (Wildman–Crippen LogP) is 4.61. The van der Waals surface area contributed by atoms with Crippen LogP contribution in [0.2, 0.25) is 0 Å². The molecular formula is C27H30N2O4. The van der Waals surface area contributed by atoms with Gasteiger partial charge in [-0.2, -0.15) is 0 Å². The summed E-state index contributed by atoms with van der Waals surface area (Å²) < 4.78 is 12.1. The van der Waals surface area contributed by atoms with Crippen LogP contribution < -0.4 is 4.74 Å². The van der Waals surface area contributed by atoms with Crippen molar-refractivity contribution in [3.05, 3.63) is 71.3 Å². The lowest BCUT2D eigenvalue weighted by Gasteiger charge is -2.37. The Labute approximate surface area is 194 Å². The van der Waals surface area contributed by atoms with Gasteiger partial charge in [-0.05, 0) is 60.9 Å². The van der Waals surface area contributed by atoms with E-state index in [1.54, 1.807) is 17.3 Å². The van der Waals surface area contributed by atoms with E-state index in [1.165, 1.54) is 0 Å². The van der Waals surface area contributed by atoms with E-state index in [0.717, 1.165) is 42.6 Å². The fourth-order valence-corrected chi connectivity index (χ4v) is 5.32. The summed E-state index contributed by atoms with van der Waals surface area (Å²) in [6.45, 7) is 5.22. The third-order valence-corrected chi connectivity index (χ3v) is 6.93. The van der Waals surface area contributed by atoms with Crippen molar-refractivity contribution in [2.45, 2.75) is 58.2 Å². The highest BCUT2D eigenvalue weighted by atomic mass is 16.5. The molecule has 6 nitrogen and oxygen atoms in total. The Bertz CT molecular complexity index is 1080. The van der Waals surface area contributed by atoms with Crippen molar-refractivity contribution in [1.82, 2.24) is 9.88 Å². The number of benzene rings is 1. The number of Topliss-reactive ketones (excluding diaryl/α,β-unsaturated/α-hetero) is 1. The van der Waals surface area contributed by atoms with Crippen LogP contribution in [-0.2, 0) is 20.9 Å². The van der Waals surface area contributed by atoms with E-state index < -0.39 is 6.04 Å². The second kappa shape index (κ2) is 9.00. The number of carbonyl (C=O) groups excluding carboxylic acids is 2. The molecule has 3 aliphatic rings. The Morgan fingerprint density at radius 3 is 2.85 bits per heavy atom. The predicted molar refractivity (Wildman–Crippen MR) is 123 cm³/mol. The van der Waals surface area contributed by atoms with Gasteiger partial charge in [-0.3, -0.25) is 14.6 Å². The van der Waals surface area contributed by atoms with E-state index in [-0.39, 0.29) is 29.5 Å². The number of hydrogen-bond donors (Lipinski definition) is 0. The second-order valence-corrected chi connectivity index (χ2v) is 9.41. The molecule has 172 valence electrons. The molecule has 0 saturated heterocycles. The average molecular weight is 447 g/mol. The van der Waals surface area contributed by atoms with Gasteiger partial charge in [0.1, 0.15) is 11.9 Å². The van der Waals surface area contributed by atoms with Crippen molar-refractivity contribution < 1.29 is 19.1 Å². The lowest BCUT2D eigenvalue weighted by Crippen LogP contribution is -2.41. The maximum Gasteiger partial charge on any atom is 0.290 e.